The van der Waals surface area contributed by atoms with Crippen LogP contribution in [0.15, 0.2) is 35.3 Å². The third-order valence-electron chi connectivity index (χ3n) is 1.72. The zero-order valence-electron chi connectivity index (χ0n) is 8.25. The van der Waals surface area contributed by atoms with E-state index in [1.54, 1.807) is 0 Å². The maximum atomic E-state index is 4.31. The van der Waals surface area contributed by atoms with Crippen molar-refractivity contribution in [1.82, 2.24) is 5.32 Å². The van der Waals surface area contributed by atoms with Gasteiger partial charge in [0.25, 0.3) is 0 Å². The lowest BCUT2D eigenvalue weighted by molar-refractivity contribution is 0.960. The van der Waals surface area contributed by atoms with Crippen LogP contribution in [0.1, 0.15) is 19.4 Å². The number of nitrogens with one attached hydrogen (secondary N) is 1. The zero-order chi connectivity index (χ0) is 9.52. The summed E-state index contributed by atoms with van der Waals surface area (Å²) in [5.41, 5.74) is 1.19. The average molecular weight is 176 g/mol. The topological polar surface area (TPSA) is 24.4 Å². The molecule has 0 bridgehead atoms. The smallest absolute Gasteiger partial charge is 0.128 e. The SMILES string of the molecule is CC.c1ccc(C2=NCCN2)cc1. The van der Waals surface area contributed by atoms with Crippen molar-refractivity contribution in [2.24, 2.45) is 4.99 Å². The maximum Gasteiger partial charge on any atom is 0.128 e. The Bertz CT molecular complexity index is 265. The quantitative estimate of drug-likeness (QED) is 0.696. The molecule has 2 rings (SSSR count). The molecule has 0 aliphatic carbocycles. The van der Waals surface area contributed by atoms with E-state index in [-0.39, 0.29) is 0 Å². The van der Waals surface area contributed by atoms with E-state index in [9.17, 15) is 0 Å². The van der Waals surface area contributed by atoms with Crippen LogP contribution in [-0.4, -0.2) is 18.9 Å². The number of rotatable bonds is 1. The van der Waals surface area contributed by atoms with E-state index in [0.717, 1.165) is 18.9 Å². The van der Waals surface area contributed by atoms with Crippen molar-refractivity contribution in [3.8, 4) is 0 Å². The summed E-state index contributed by atoms with van der Waals surface area (Å²) in [6.07, 6.45) is 0. The summed E-state index contributed by atoms with van der Waals surface area (Å²) in [4.78, 5) is 4.31. The molecular formula is C11H16N2. The van der Waals surface area contributed by atoms with Crippen molar-refractivity contribution in [1.29, 1.82) is 0 Å². The molecule has 0 atom stereocenters. The monoisotopic (exact) mass is 176 g/mol. The van der Waals surface area contributed by atoms with Gasteiger partial charge in [-0.1, -0.05) is 44.2 Å². The van der Waals surface area contributed by atoms with E-state index in [0.29, 0.717) is 0 Å². The van der Waals surface area contributed by atoms with E-state index in [1.165, 1.54) is 5.56 Å². The van der Waals surface area contributed by atoms with Crippen molar-refractivity contribution in [3.63, 3.8) is 0 Å². The minimum atomic E-state index is 0.907. The zero-order valence-corrected chi connectivity index (χ0v) is 8.25. The fourth-order valence-corrected chi connectivity index (χ4v) is 1.19. The van der Waals surface area contributed by atoms with E-state index >= 15 is 0 Å². The van der Waals surface area contributed by atoms with Crippen molar-refractivity contribution in [2.45, 2.75) is 13.8 Å². The molecule has 0 amide bonds. The molecule has 2 nitrogen and oxygen atoms in total. The molecule has 0 saturated heterocycles. The van der Waals surface area contributed by atoms with Crippen molar-refractivity contribution < 1.29 is 0 Å². The Balaban J connectivity index is 0.000000396. The normalized spacial score (nSPS) is 13.8. The van der Waals surface area contributed by atoms with Crippen molar-refractivity contribution in [3.05, 3.63) is 35.9 Å². The standard InChI is InChI=1S/C9H10N2.C2H6/c1-2-4-8(5-3-1)9-10-6-7-11-9;1-2/h1-5H,6-7H2,(H,10,11);1-2H3. The molecule has 13 heavy (non-hydrogen) atoms. The molecule has 2 heteroatoms. The molecule has 1 aromatic rings. The number of hydrogen-bond acceptors (Lipinski definition) is 2. The Morgan fingerprint density at radius 2 is 1.85 bits per heavy atom. The summed E-state index contributed by atoms with van der Waals surface area (Å²) in [5.74, 6) is 1.03. The van der Waals surface area contributed by atoms with Gasteiger partial charge in [-0.15, -0.1) is 0 Å². The van der Waals surface area contributed by atoms with Crippen LogP contribution in [0.4, 0.5) is 0 Å². The van der Waals surface area contributed by atoms with Crippen LogP contribution in [0.2, 0.25) is 0 Å². The third-order valence-corrected chi connectivity index (χ3v) is 1.72. The fourth-order valence-electron chi connectivity index (χ4n) is 1.19. The van der Waals surface area contributed by atoms with Crippen LogP contribution in [0.3, 0.4) is 0 Å². The summed E-state index contributed by atoms with van der Waals surface area (Å²) in [5, 5.41) is 3.22. The molecule has 1 heterocycles. The Labute approximate surface area is 79.7 Å². The average Bonchev–Trinajstić information content (AvgIpc) is 2.75. The van der Waals surface area contributed by atoms with Gasteiger partial charge in [0.15, 0.2) is 0 Å². The first-order chi connectivity index (χ1) is 6.47. The maximum absolute atomic E-state index is 4.31. The second kappa shape index (κ2) is 5.36. The van der Waals surface area contributed by atoms with Crippen LogP contribution in [-0.2, 0) is 0 Å². The first kappa shape index (κ1) is 9.78. The van der Waals surface area contributed by atoms with Crippen LogP contribution < -0.4 is 5.32 Å². The molecule has 0 saturated carbocycles. The summed E-state index contributed by atoms with van der Waals surface area (Å²) in [6, 6.07) is 10.2. The summed E-state index contributed by atoms with van der Waals surface area (Å²) < 4.78 is 0. The summed E-state index contributed by atoms with van der Waals surface area (Å²) >= 11 is 0. The predicted molar refractivity (Wildman–Crippen MR) is 57.2 cm³/mol. The summed E-state index contributed by atoms with van der Waals surface area (Å²) in [6.45, 7) is 5.88. The second-order valence-corrected chi connectivity index (χ2v) is 2.52. The van der Waals surface area contributed by atoms with Gasteiger partial charge in [0.2, 0.25) is 0 Å². The Kier molecular flexibility index (Phi) is 4.03. The van der Waals surface area contributed by atoms with Crippen LogP contribution >= 0.6 is 0 Å². The van der Waals surface area contributed by atoms with E-state index in [4.69, 9.17) is 0 Å². The molecule has 1 aromatic carbocycles. The van der Waals surface area contributed by atoms with Gasteiger partial charge in [-0.25, -0.2) is 0 Å². The highest BCUT2D eigenvalue weighted by molar-refractivity contribution is 5.99. The molecule has 70 valence electrons. The van der Waals surface area contributed by atoms with Crippen molar-refractivity contribution >= 4 is 5.84 Å². The second-order valence-electron chi connectivity index (χ2n) is 2.52. The van der Waals surface area contributed by atoms with Crippen LogP contribution in [0, 0.1) is 0 Å². The number of benzene rings is 1. The molecular weight excluding hydrogens is 160 g/mol. The highest BCUT2D eigenvalue weighted by Crippen LogP contribution is 2.01. The molecule has 0 radical (unpaired) electrons. The lowest BCUT2D eigenvalue weighted by Gasteiger charge is -1.99. The molecule has 0 spiro atoms. The van der Waals surface area contributed by atoms with Gasteiger partial charge in [0.1, 0.15) is 5.84 Å². The Morgan fingerprint density at radius 3 is 2.38 bits per heavy atom. The molecule has 1 N–H and O–H groups in total. The molecule has 0 unspecified atom stereocenters. The highest BCUT2D eigenvalue weighted by Gasteiger charge is 2.05. The summed E-state index contributed by atoms with van der Waals surface area (Å²) in [7, 11) is 0. The highest BCUT2D eigenvalue weighted by atomic mass is 15.1. The molecule has 0 aromatic heterocycles. The first-order valence-corrected chi connectivity index (χ1v) is 4.80. The van der Waals surface area contributed by atoms with E-state index in [2.05, 4.69) is 22.4 Å². The first-order valence-electron chi connectivity index (χ1n) is 4.80. The van der Waals surface area contributed by atoms with E-state index in [1.807, 2.05) is 32.0 Å². The van der Waals surface area contributed by atoms with Gasteiger partial charge < -0.3 is 5.32 Å². The number of hydrogen-bond donors (Lipinski definition) is 1. The number of aliphatic imine (C=N–C) groups is 1. The lowest BCUT2D eigenvalue weighted by atomic mass is 10.2. The van der Waals surface area contributed by atoms with Gasteiger partial charge in [0, 0.05) is 12.1 Å². The largest absolute Gasteiger partial charge is 0.368 e. The predicted octanol–water partition coefficient (Wildman–Crippen LogP) is 2.06. The van der Waals surface area contributed by atoms with Gasteiger partial charge in [-0.05, 0) is 0 Å². The number of nitrogens with zero attached hydrogens (tertiary/aromatic N) is 1. The molecule has 1 aliphatic heterocycles. The van der Waals surface area contributed by atoms with Gasteiger partial charge in [-0.2, -0.15) is 0 Å². The van der Waals surface area contributed by atoms with Crippen molar-refractivity contribution in [2.75, 3.05) is 13.1 Å². The minimum absolute atomic E-state index is 0.907. The fraction of sp³-hybridized carbons (Fsp3) is 0.364. The van der Waals surface area contributed by atoms with Crippen LogP contribution in [0.5, 0.6) is 0 Å². The van der Waals surface area contributed by atoms with E-state index < -0.39 is 0 Å². The van der Waals surface area contributed by atoms with Gasteiger partial charge >= 0.3 is 0 Å². The lowest BCUT2D eigenvalue weighted by Crippen LogP contribution is -2.19. The van der Waals surface area contributed by atoms with Crippen LogP contribution in [0.25, 0.3) is 0 Å². The number of amidine groups is 1. The minimum Gasteiger partial charge on any atom is -0.368 e. The Hall–Kier alpha value is -1.31. The van der Waals surface area contributed by atoms with Gasteiger partial charge in [-0.3, -0.25) is 4.99 Å². The van der Waals surface area contributed by atoms with Gasteiger partial charge in [0.05, 0.1) is 6.54 Å². The molecule has 0 fully saturated rings. The Morgan fingerprint density at radius 1 is 1.15 bits per heavy atom. The molecule has 1 aliphatic rings. The third kappa shape index (κ3) is 2.58.